The van der Waals surface area contributed by atoms with Crippen LogP contribution >= 0.6 is 0 Å². The van der Waals surface area contributed by atoms with Gasteiger partial charge in [-0.15, -0.1) is 0 Å². The second-order valence-corrected chi connectivity index (χ2v) is 6.60. The van der Waals surface area contributed by atoms with Crippen LogP contribution in [0.4, 0.5) is 5.82 Å². The summed E-state index contributed by atoms with van der Waals surface area (Å²) in [5, 5.41) is 7.15. The molecule has 2 aliphatic rings. The molecule has 0 unspecified atom stereocenters. The van der Waals surface area contributed by atoms with Crippen molar-refractivity contribution in [2.24, 2.45) is 0 Å². The first-order valence-electron chi connectivity index (χ1n) is 8.64. The van der Waals surface area contributed by atoms with Gasteiger partial charge in [-0.2, -0.15) is 0 Å². The van der Waals surface area contributed by atoms with Gasteiger partial charge in [0.1, 0.15) is 11.6 Å². The molecule has 4 heteroatoms. The predicted octanol–water partition coefficient (Wildman–Crippen LogP) is 3.39. The standard InChI is InChI=1S/C17H28N4/c1-13-19-16(14-7-6-10-18-12-14)11-17(20-13)21-15-8-4-2-3-5-9-15/h11,14-15,18H,2-10,12H2,1H3,(H,19,20,21)/t14-/m0/s1. The van der Waals surface area contributed by atoms with E-state index in [0.29, 0.717) is 12.0 Å². The van der Waals surface area contributed by atoms with Crippen molar-refractivity contribution in [1.82, 2.24) is 15.3 Å². The normalized spacial score (nSPS) is 24.5. The van der Waals surface area contributed by atoms with Gasteiger partial charge in [0.05, 0.1) is 5.69 Å². The molecule has 3 rings (SSSR count). The van der Waals surface area contributed by atoms with Gasteiger partial charge in [-0.25, -0.2) is 9.97 Å². The summed E-state index contributed by atoms with van der Waals surface area (Å²) in [4.78, 5) is 9.29. The van der Waals surface area contributed by atoms with Gasteiger partial charge in [-0.05, 0) is 39.2 Å². The molecule has 0 aromatic carbocycles. The third kappa shape index (κ3) is 4.16. The van der Waals surface area contributed by atoms with Crippen LogP contribution in [0.1, 0.15) is 68.8 Å². The summed E-state index contributed by atoms with van der Waals surface area (Å²) in [5.41, 5.74) is 1.21. The summed E-state index contributed by atoms with van der Waals surface area (Å²) in [5.74, 6) is 2.49. The van der Waals surface area contributed by atoms with Crippen molar-refractivity contribution in [2.75, 3.05) is 18.4 Å². The Morgan fingerprint density at radius 1 is 1.05 bits per heavy atom. The highest BCUT2D eigenvalue weighted by molar-refractivity contribution is 5.38. The first kappa shape index (κ1) is 14.8. The number of rotatable bonds is 3. The van der Waals surface area contributed by atoms with E-state index >= 15 is 0 Å². The van der Waals surface area contributed by atoms with E-state index in [-0.39, 0.29) is 0 Å². The number of hydrogen-bond acceptors (Lipinski definition) is 4. The lowest BCUT2D eigenvalue weighted by Crippen LogP contribution is -2.29. The average Bonchev–Trinajstić information content (AvgIpc) is 2.76. The molecule has 1 aromatic rings. The minimum absolute atomic E-state index is 0.551. The minimum atomic E-state index is 0.551. The topological polar surface area (TPSA) is 49.8 Å². The third-order valence-corrected chi connectivity index (χ3v) is 4.78. The van der Waals surface area contributed by atoms with E-state index in [2.05, 4.69) is 26.7 Å². The van der Waals surface area contributed by atoms with E-state index in [1.165, 1.54) is 57.1 Å². The fourth-order valence-electron chi connectivity index (χ4n) is 3.61. The van der Waals surface area contributed by atoms with Crippen molar-refractivity contribution in [1.29, 1.82) is 0 Å². The third-order valence-electron chi connectivity index (χ3n) is 4.78. The van der Waals surface area contributed by atoms with Crippen LogP contribution in [0.3, 0.4) is 0 Å². The van der Waals surface area contributed by atoms with E-state index < -0.39 is 0 Å². The summed E-state index contributed by atoms with van der Waals surface area (Å²) in [6.45, 7) is 4.21. The first-order valence-corrected chi connectivity index (χ1v) is 8.64. The highest BCUT2D eigenvalue weighted by Gasteiger charge is 2.19. The molecule has 4 nitrogen and oxygen atoms in total. The maximum absolute atomic E-state index is 4.68. The lowest BCUT2D eigenvalue weighted by Gasteiger charge is -2.23. The lowest BCUT2D eigenvalue weighted by molar-refractivity contribution is 0.453. The number of hydrogen-bond donors (Lipinski definition) is 2. The summed E-state index contributed by atoms with van der Waals surface area (Å²) >= 11 is 0. The monoisotopic (exact) mass is 288 g/mol. The molecule has 1 aliphatic carbocycles. The highest BCUT2D eigenvalue weighted by Crippen LogP contribution is 2.25. The zero-order valence-corrected chi connectivity index (χ0v) is 13.2. The Morgan fingerprint density at radius 3 is 2.57 bits per heavy atom. The van der Waals surface area contributed by atoms with Crippen molar-refractivity contribution < 1.29 is 0 Å². The molecular formula is C17H28N4. The van der Waals surface area contributed by atoms with Crippen molar-refractivity contribution in [3.63, 3.8) is 0 Å². The Labute approximate surface area is 128 Å². The molecule has 0 bridgehead atoms. The van der Waals surface area contributed by atoms with Crippen LogP contribution < -0.4 is 10.6 Å². The summed E-state index contributed by atoms with van der Waals surface area (Å²) in [7, 11) is 0. The molecule has 2 N–H and O–H groups in total. The van der Waals surface area contributed by atoms with Gasteiger partial charge in [-0.1, -0.05) is 25.7 Å². The molecule has 2 heterocycles. The van der Waals surface area contributed by atoms with Gasteiger partial charge in [0.15, 0.2) is 0 Å². The molecule has 21 heavy (non-hydrogen) atoms. The lowest BCUT2D eigenvalue weighted by atomic mass is 9.96. The predicted molar refractivity (Wildman–Crippen MR) is 86.7 cm³/mol. The second kappa shape index (κ2) is 7.21. The average molecular weight is 288 g/mol. The Kier molecular flexibility index (Phi) is 5.07. The molecule has 1 atom stereocenters. The largest absolute Gasteiger partial charge is 0.367 e. The number of nitrogens with one attached hydrogen (secondary N) is 2. The van der Waals surface area contributed by atoms with Crippen molar-refractivity contribution in [3.05, 3.63) is 17.6 Å². The van der Waals surface area contributed by atoms with E-state index in [0.717, 1.165) is 24.7 Å². The van der Waals surface area contributed by atoms with Crippen molar-refractivity contribution in [3.8, 4) is 0 Å². The van der Waals surface area contributed by atoms with Crippen molar-refractivity contribution >= 4 is 5.82 Å². The van der Waals surface area contributed by atoms with E-state index in [9.17, 15) is 0 Å². The number of aromatic nitrogens is 2. The molecule has 2 fully saturated rings. The minimum Gasteiger partial charge on any atom is -0.367 e. The summed E-state index contributed by atoms with van der Waals surface area (Å²) < 4.78 is 0. The van der Waals surface area contributed by atoms with Gasteiger partial charge in [0.2, 0.25) is 0 Å². The zero-order valence-electron chi connectivity index (χ0n) is 13.2. The van der Waals surface area contributed by atoms with Crippen LogP contribution in [0.15, 0.2) is 6.07 Å². The van der Waals surface area contributed by atoms with E-state index in [1.54, 1.807) is 0 Å². The van der Waals surface area contributed by atoms with E-state index in [1.807, 2.05) is 6.92 Å². The molecule has 0 spiro atoms. The number of piperidine rings is 1. The van der Waals surface area contributed by atoms with Crippen molar-refractivity contribution in [2.45, 2.75) is 70.3 Å². The molecule has 1 saturated carbocycles. The molecule has 1 aliphatic heterocycles. The van der Waals surface area contributed by atoms with Crippen LogP contribution in [-0.2, 0) is 0 Å². The fraction of sp³-hybridized carbons (Fsp3) is 0.765. The van der Waals surface area contributed by atoms with Gasteiger partial charge in [-0.3, -0.25) is 0 Å². The molecule has 1 saturated heterocycles. The summed E-state index contributed by atoms with van der Waals surface area (Å²) in [6, 6.07) is 2.79. The Morgan fingerprint density at radius 2 is 1.86 bits per heavy atom. The smallest absolute Gasteiger partial charge is 0.130 e. The van der Waals surface area contributed by atoms with Gasteiger partial charge >= 0.3 is 0 Å². The summed E-state index contributed by atoms with van der Waals surface area (Å²) in [6.07, 6.45) is 10.5. The molecule has 0 radical (unpaired) electrons. The maximum atomic E-state index is 4.68. The quantitative estimate of drug-likeness (QED) is 0.837. The van der Waals surface area contributed by atoms with Gasteiger partial charge in [0, 0.05) is 24.6 Å². The Bertz CT molecular complexity index is 446. The maximum Gasteiger partial charge on any atom is 0.130 e. The van der Waals surface area contributed by atoms with Gasteiger partial charge in [0.25, 0.3) is 0 Å². The Balaban J connectivity index is 1.70. The number of aryl methyl sites for hydroxylation is 1. The fourth-order valence-corrected chi connectivity index (χ4v) is 3.61. The van der Waals surface area contributed by atoms with Crippen LogP contribution in [-0.4, -0.2) is 29.1 Å². The number of anilines is 1. The zero-order chi connectivity index (χ0) is 14.5. The highest BCUT2D eigenvalue weighted by atomic mass is 15.0. The number of nitrogens with zero attached hydrogens (tertiary/aromatic N) is 2. The molecular weight excluding hydrogens is 260 g/mol. The molecule has 1 aromatic heterocycles. The second-order valence-electron chi connectivity index (χ2n) is 6.60. The van der Waals surface area contributed by atoms with Gasteiger partial charge < -0.3 is 10.6 Å². The van der Waals surface area contributed by atoms with Crippen LogP contribution in [0, 0.1) is 6.92 Å². The van der Waals surface area contributed by atoms with Crippen LogP contribution in [0.25, 0.3) is 0 Å². The Hall–Kier alpha value is -1.16. The first-order chi connectivity index (χ1) is 10.3. The van der Waals surface area contributed by atoms with Crippen LogP contribution in [0.5, 0.6) is 0 Å². The SMILES string of the molecule is Cc1nc(NC2CCCCCC2)cc([C@H]2CCCNC2)n1. The van der Waals surface area contributed by atoms with E-state index in [4.69, 9.17) is 0 Å². The van der Waals surface area contributed by atoms with Crippen LogP contribution in [0.2, 0.25) is 0 Å². The molecule has 0 amide bonds. The molecule has 116 valence electrons.